The Bertz CT molecular complexity index is 1320. The van der Waals surface area contributed by atoms with E-state index >= 15 is 0 Å². The molecular formula is C27H29N5OS. The molecule has 0 spiro atoms. The number of fused-ring (bicyclic) bond motifs is 1. The number of thiazole rings is 1. The fourth-order valence-electron chi connectivity index (χ4n) is 4.93. The molecule has 4 aromatic rings. The zero-order valence-electron chi connectivity index (χ0n) is 19.4. The van der Waals surface area contributed by atoms with Crippen LogP contribution in [0.15, 0.2) is 54.0 Å². The maximum absolute atomic E-state index is 13.4. The second kappa shape index (κ2) is 8.96. The number of hydrogen-bond donors (Lipinski definition) is 1. The van der Waals surface area contributed by atoms with Crippen molar-refractivity contribution in [3.05, 3.63) is 70.6 Å². The van der Waals surface area contributed by atoms with Gasteiger partial charge in [0.25, 0.3) is 0 Å². The Kier molecular flexibility index (Phi) is 5.67. The summed E-state index contributed by atoms with van der Waals surface area (Å²) in [6.07, 6.45) is 4.93. The normalized spacial score (nSPS) is 19.1. The van der Waals surface area contributed by atoms with Crippen LogP contribution in [0.2, 0.25) is 0 Å². The van der Waals surface area contributed by atoms with Crippen molar-refractivity contribution in [2.45, 2.75) is 32.2 Å². The van der Waals surface area contributed by atoms with Crippen molar-refractivity contribution in [1.29, 1.82) is 0 Å². The molecule has 2 fully saturated rings. The molecule has 2 aromatic carbocycles. The van der Waals surface area contributed by atoms with Gasteiger partial charge < -0.3 is 9.88 Å². The quantitative estimate of drug-likeness (QED) is 0.437. The molecule has 1 saturated heterocycles. The van der Waals surface area contributed by atoms with E-state index in [4.69, 9.17) is 4.98 Å². The van der Waals surface area contributed by atoms with E-state index in [1.165, 1.54) is 23.6 Å². The van der Waals surface area contributed by atoms with Crippen LogP contribution < -0.4 is 0 Å². The Hall–Kier alpha value is -3.03. The molecule has 2 aliphatic rings. The van der Waals surface area contributed by atoms with Crippen LogP contribution in [0.3, 0.4) is 0 Å². The zero-order chi connectivity index (χ0) is 23.1. The van der Waals surface area contributed by atoms with Crippen LogP contribution in [0.5, 0.6) is 0 Å². The van der Waals surface area contributed by atoms with Gasteiger partial charge in [0.2, 0.25) is 5.91 Å². The van der Waals surface area contributed by atoms with Crippen LogP contribution in [0, 0.1) is 12.8 Å². The minimum atomic E-state index is -0.0738. The topological polar surface area (TPSA) is 65.1 Å². The van der Waals surface area contributed by atoms with Crippen molar-refractivity contribution < 1.29 is 4.79 Å². The zero-order valence-corrected chi connectivity index (χ0v) is 20.2. The van der Waals surface area contributed by atoms with Gasteiger partial charge in [0, 0.05) is 42.8 Å². The van der Waals surface area contributed by atoms with E-state index in [9.17, 15) is 4.79 Å². The van der Waals surface area contributed by atoms with Crippen LogP contribution in [0.4, 0.5) is 0 Å². The lowest BCUT2D eigenvalue weighted by atomic mass is 10.1. The van der Waals surface area contributed by atoms with E-state index in [0.717, 1.165) is 59.9 Å². The third-order valence-electron chi connectivity index (χ3n) is 6.94. The van der Waals surface area contributed by atoms with Gasteiger partial charge in [0.15, 0.2) is 0 Å². The van der Waals surface area contributed by atoms with Crippen molar-refractivity contribution in [3.8, 4) is 11.3 Å². The molecule has 6 nitrogen and oxygen atoms in total. The molecule has 3 heterocycles. The minimum Gasteiger partial charge on any atom is -0.340 e. The average molecular weight is 472 g/mol. The van der Waals surface area contributed by atoms with E-state index in [0.29, 0.717) is 6.42 Å². The highest BCUT2D eigenvalue weighted by Crippen LogP contribution is 2.33. The lowest BCUT2D eigenvalue weighted by Crippen LogP contribution is -2.51. The van der Waals surface area contributed by atoms with Gasteiger partial charge in [0.05, 0.1) is 18.3 Å². The van der Waals surface area contributed by atoms with Crippen LogP contribution >= 0.6 is 11.3 Å². The highest BCUT2D eigenvalue weighted by molar-refractivity contribution is 7.09. The van der Waals surface area contributed by atoms with Crippen molar-refractivity contribution in [2.24, 2.45) is 5.92 Å². The standard InChI is InChI=1S/C27H29N5OS/c1-18-17-34-25(29-18)13-26(33)32-11-10-31(15-19-6-7-19)16-24(32)27-28-14-23(30-27)22-9-8-20-4-2-3-5-21(20)12-22/h2-5,8-9,12,14,17,19,24H,6-7,10-11,13,15-16H2,1H3,(H,28,30). The van der Waals surface area contributed by atoms with Gasteiger partial charge >= 0.3 is 0 Å². The Labute approximate surface area is 203 Å². The number of amides is 1. The number of nitrogens with zero attached hydrogens (tertiary/aromatic N) is 4. The first-order chi connectivity index (χ1) is 16.6. The smallest absolute Gasteiger partial charge is 0.230 e. The molecule has 2 aromatic heterocycles. The summed E-state index contributed by atoms with van der Waals surface area (Å²) < 4.78 is 0. The maximum atomic E-state index is 13.4. The van der Waals surface area contributed by atoms with Crippen LogP contribution in [-0.2, 0) is 11.2 Å². The van der Waals surface area contributed by atoms with Crippen LogP contribution in [0.1, 0.15) is 35.4 Å². The predicted molar refractivity (Wildman–Crippen MR) is 136 cm³/mol. The first-order valence-corrected chi connectivity index (χ1v) is 13.0. The number of piperazine rings is 1. The largest absolute Gasteiger partial charge is 0.340 e. The molecule has 1 aliphatic carbocycles. The SMILES string of the molecule is Cc1csc(CC(=O)N2CCN(CC3CC3)CC2c2ncc(-c3ccc4ccccc4c3)[nH]2)n1. The molecule has 1 saturated carbocycles. The number of aryl methyl sites for hydroxylation is 1. The number of H-pyrrole nitrogens is 1. The summed E-state index contributed by atoms with van der Waals surface area (Å²) in [4.78, 5) is 30.7. The molecule has 0 bridgehead atoms. The number of aromatic amines is 1. The van der Waals surface area contributed by atoms with Gasteiger partial charge in [-0.1, -0.05) is 36.4 Å². The van der Waals surface area contributed by atoms with Crippen LogP contribution in [0.25, 0.3) is 22.0 Å². The number of carbonyl (C=O) groups excluding carboxylic acids is 1. The number of hydrogen-bond acceptors (Lipinski definition) is 5. The summed E-state index contributed by atoms with van der Waals surface area (Å²) in [5.74, 6) is 1.83. The second-order valence-electron chi connectivity index (χ2n) is 9.61. The summed E-state index contributed by atoms with van der Waals surface area (Å²) in [7, 11) is 0. The summed E-state index contributed by atoms with van der Waals surface area (Å²) in [5.41, 5.74) is 3.08. The number of rotatable bonds is 6. The van der Waals surface area contributed by atoms with Crippen molar-refractivity contribution >= 4 is 28.0 Å². The first-order valence-electron chi connectivity index (χ1n) is 12.1. The van der Waals surface area contributed by atoms with Gasteiger partial charge in [-0.05, 0) is 42.5 Å². The number of carbonyl (C=O) groups is 1. The van der Waals surface area contributed by atoms with E-state index in [1.807, 2.05) is 23.4 Å². The fraction of sp³-hybridized carbons (Fsp3) is 0.370. The first kappa shape index (κ1) is 21.5. The van der Waals surface area contributed by atoms with Gasteiger partial charge in [-0.15, -0.1) is 11.3 Å². The number of aromatic nitrogens is 3. The maximum Gasteiger partial charge on any atom is 0.230 e. The molecule has 6 rings (SSSR count). The molecule has 1 unspecified atom stereocenters. The third kappa shape index (κ3) is 4.50. The van der Waals surface area contributed by atoms with Crippen molar-refractivity contribution in [3.63, 3.8) is 0 Å². The lowest BCUT2D eigenvalue weighted by Gasteiger charge is -2.40. The second-order valence-corrected chi connectivity index (χ2v) is 10.6. The van der Waals surface area contributed by atoms with E-state index in [1.54, 1.807) is 11.3 Å². The molecule has 34 heavy (non-hydrogen) atoms. The van der Waals surface area contributed by atoms with Gasteiger partial charge in [-0.3, -0.25) is 9.69 Å². The number of imidazole rings is 1. The average Bonchev–Trinajstić information content (AvgIpc) is 3.36. The summed E-state index contributed by atoms with van der Waals surface area (Å²) in [6, 6.07) is 14.8. The number of nitrogens with one attached hydrogen (secondary N) is 1. The molecule has 1 amide bonds. The van der Waals surface area contributed by atoms with Gasteiger partial charge in [-0.2, -0.15) is 0 Å². The van der Waals surface area contributed by atoms with Crippen molar-refractivity contribution in [2.75, 3.05) is 26.2 Å². The molecule has 1 N–H and O–H groups in total. The summed E-state index contributed by atoms with van der Waals surface area (Å²) >= 11 is 1.57. The molecule has 0 radical (unpaired) electrons. The Morgan fingerprint density at radius 3 is 2.79 bits per heavy atom. The molecular weight excluding hydrogens is 442 g/mol. The van der Waals surface area contributed by atoms with E-state index in [2.05, 4.69) is 57.3 Å². The third-order valence-corrected chi connectivity index (χ3v) is 7.91. The fourth-order valence-corrected chi connectivity index (χ4v) is 5.69. The highest BCUT2D eigenvalue weighted by Gasteiger charge is 2.35. The highest BCUT2D eigenvalue weighted by atomic mass is 32.1. The van der Waals surface area contributed by atoms with Gasteiger partial charge in [-0.25, -0.2) is 9.97 Å². The molecule has 1 aliphatic heterocycles. The summed E-state index contributed by atoms with van der Waals surface area (Å²) in [6.45, 7) is 5.58. The van der Waals surface area contributed by atoms with E-state index < -0.39 is 0 Å². The van der Waals surface area contributed by atoms with Crippen molar-refractivity contribution in [1.82, 2.24) is 24.8 Å². The predicted octanol–water partition coefficient (Wildman–Crippen LogP) is 4.83. The monoisotopic (exact) mass is 471 g/mol. The minimum absolute atomic E-state index is 0.0738. The Morgan fingerprint density at radius 1 is 1.15 bits per heavy atom. The molecule has 1 atom stereocenters. The van der Waals surface area contributed by atoms with Crippen LogP contribution in [-0.4, -0.2) is 56.8 Å². The lowest BCUT2D eigenvalue weighted by molar-refractivity contribution is -0.136. The Balaban J connectivity index is 1.27. The summed E-state index contributed by atoms with van der Waals surface area (Å²) in [5, 5.41) is 5.33. The molecule has 7 heteroatoms. The Morgan fingerprint density at radius 2 is 2.00 bits per heavy atom. The molecule has 174 valence electrons. The number of benzene rings is 2. The van der Waals surface area contributed by atoms with E-state index in [-0.39, 0.29) is 11.9 Å². The van der Waals surface area contributed by atoms with Gasteiger partial charge in [0.1, 0.15) is 16.9 Å².